The molecule has 0 amide bonds. The number of ketones is 1. The highest BCUT2D eigenvalue weighted by Gasteiger charge is 2.26. The molecule has 0 saturated carbocycles. The van der Waals surface area contributed by atoms with Gasteiger partial charge in [-0.25, -0.2) is 9.97 Å². The Labute approximate surface area is 150 Å². The second-order valence-corrected chi connectivity index (χ2v) is 7.35. The molecule has 4 aromatic rings. The highest BCUT2D eigenvalue weighted by atomic mass is 16.5. The molecule has 0 radical (unpaired) electrons. The van der Waals surface area contributed by atoms with E-state index in [0.29, 0.717) is 22.4 Å². The van der Waals surface area contributed by atoms with Crippen LogP contribution in [0, 0.1) is 5.41 Å². The number of aromatic amines is 2. The van der Waals surface area contributed by atoms with E-state index in [-0.39, 0.29) is 5.78 Å². The Kier molecular flexibility index (Phi) is 3.57. The van der Waals surface area contributed by atoms with E-state index in [1.807, 2.05) is 45.2 Å². The van der Waals surface area contributed by atoms with Gasteiger partial charge in [0.25, 0.3) is 0 Å². The number of nitrogens with one attached hydrogen (secondary N) is 2. The van der Waals surface area contributed by atoms with E-state index in [9.17, 15) is 4.79 Å². The molecule has 0 atom stereocenters. The van der Waals surface area contributed by atoms with E-state index in [1.165, 1.54) is 0 Å². The molecule has 3 heterocycles. The molecule has 4 rings (SSSR count). The van der Waals surface area contributed by atoms with Crippen LogP contribution in [0.15, 0.2) is 36.8 Å². The van der Waals surface area contributed by atoms with Gasteiger partial charge in [0, 0.05) is 34.3 Å². The van der Waals surface area contributed by atoms with Gasteiger partial charge < -0.3 is 14.7 Å². The summed E-state index contributed by atoms with van der Waals surface area (Å²) in [5, 5.41) is 0.997. The molecule has 26 heavy (non-hydrogen) atoms. The van der Waals surface area contributed by atoms with Crippen molar-refractivity contribution in [1.29, 1.82) is 0 Å². The second-order valence-electron chi connectivity index (χ2n) is 7.35. The van der Waals surface area contributed by atoms with Gasteiger partial charge in [-0.05, 0) is 18.2 Å². The SMILES string of the molecule is COc1ccc2[nH]cc(-c3cnc4[nH]cc(C(=O)C(C)(C)C)c4n3)c2c1. The minimum absolute atomic E-state index is 0.0378. The van der Waals surface area contributed by atoms with Gasteiger partial charge in [0.05, 0.1) is 24.6 Å². The Morgan fingerprint density at radius 1 is 1.15 bits per heavy atom. The van der Waals surface area contributed by atoms with Crippen molar-refractivity contribution in [1.82, 2.24) is 19.9 Å². The maximum Gasteiger partial charge on any atom is 0.171 e. The van der Waals surface area contributed by atoms with E-state index in [1.54, 1.807) is 19.5 Å². The second kappa shape index (κ2) is 5.69. The van der Waals surface area contributed by atoms with Gasteiger partial charge in [-0.1, -0.05) is 20.8 Å². The van der Waals surface area contributed by atoms with Gasteiger partial charge in [0.2, 0.25) is 0 Å². The number of nitrogens with zero attached hydrogens (tertiary/aromatic N) is 2. The van der Waals surface area contributed by atoms with E-state index in [2.05, 4.69) is 15.0 Å². The maximum absolute atomic E-state index is 12.7. The molecule has 2 N–H and O–H groups in total. The van der Waals surface area contributed by atoms with Crippen LogP contribution in [0.2, 0.25) is 0 Å². The molecule has 0 spiro atoms. The predicted molar refractivity (Wildman–Crippen MR) is 102 cm³/mol. The summed E-state index contributed by atoms with van der Waals surface area (Å²) in [6, 6.07) is 5.84. The van der Waals surface area contributed by atoms with Crippen LogP contribution < -0.4 is 4.74 Å². The summed E-state index contributed by atoms with van der Waals surface area (Å²) >= 11 is 0. The van der Waals surface area contributed by atoms with Crippen molar-refractivity contribution in [3.05, 3.63) is 42.4 Å². The summed E-state index contributed by atoms with van der Waals surface area (Å²) in [5.74, 6) is 0.813. The van der Waals surface area contributed by atoms with Gasteiger partial charge in [0.1, 0.15) is 11.3 Å². The number of aromatic nitrogens is 4. The van der Waals surface area contributed by atoms with Crippen molar-refractivity contribution < 1.29 is 9.53 Å². The number of H-pyrrole nitrogens is 2. The molecule has 132 valence electrons. The maximum atomic E-state index is 12.7. The number of hydrogen-bond donors (Lipinski definition) is 2. The monoisotopic (exact) mass is 348 g/mol. The minimum Gasteiger partial charge on any atom is -0.497 e. The number of carbonyl (C=O) groups excluding carboxylic acids is 1. The molecule has 6 heteroatoms. The van der Waals surface area contributed by atoms with E-state index >= 15 is 0 Å². The van der Waals surface area contributed by atoms with Crippen LogP contribution in [-0.2, 0) is 0 Å². The van der Waals surface area contributed by atoms with Gasteiger partial charge >= 0.3 is 0 Å². The summed E-state index contributed by atoms with van der Waals surface area (Å²) < 4.78 is 5.33. The molecule has 0 aliphatic carbocycles. The number of fused-ring (bicyclic) bond motifs is 2. The van der Waals surface area contributed by atoms with Crippen LogP contribution in [-0.4, -0.2) is 32.8 Å². The molecule has 0 bridgehead atoms. The van der Waals surface area contributed by atoms with E-state index in [4.69, 9.17) is 9.72 Å². The number of carbonyl (C=O) groups is 1. The number of benzene rings is 1. The Morgan fingerprint density at radius 2 is 1.96 bits per heavy atom. The van der Waals surface area contributed by atoms with Crippen molar-refractivity contribution in [2.24, 2.45) is 5.41 Å². The molecule has 6 nitrogen and oxygen atoms in total. The fourth-order valence-corrected chi connectivity index (χ4v) is 3.04. The number of Topliss-reactive ketones (excluding diaryl/α,β-unsaturated/α-hetero) is 1. The van der Waals surface area contributed by atoms with Crippen LogP contribution in [0.4, 0.5) is 0 Å². The Balaban J connectivity index is 1.89. The van der Waals surface area contributed by atoms with E-state index < -0.39 is 5.41 Å². The number of rotatable bonds is 3. The van der Waals surface area contributed by atoms with Crippen LogP contribution in [0.1, 0.15) is 31.1 Å². The van der Waals surface area contributed by atoms with Crippen LogP contribution >= 0.6 is 0 Å². The van der Waals surface area contributed by atoms with Crippen molar-refractivity contribution in [2.75, 3.05) is 7.11 Å². The minimum atomic E-state index is -0.485. The topological polar surface area (TPSA) is 83.7 Å². The first-order valence-corrected chi connectivity index (χ1v) is 8.43. The molecule has 0 aliphatic heterocycles. The summed E-state index contributed by atoms with van der Waals surface area (Å²) in [5.41, 5.74) is 3.91. The highest BCUT2D eigenvalue weighted by Crippen LogP contribution is 2.32. The third kappa shape index (κ3) is 2.54. The van der Waals surface area contributed by atoms with Crippen LogP contribution in [0.25, 0.3) is 33.3 Å². The molecular formula is C20H20N4O2. The zero-order valence-electron chi connectivity index (χ0n) is 15.2. The number of hydrogen-bond acceptors (Lipinski definition) is 4. The van der Waals surface area contributed by atoms with Crippen LogP contribution in [0.3, 0.4) is 0 Å². The lowest BCUT2D eigenvalue weighted by atomic mass is 9.87. The van der Waals surface area contributed by atoms with Crippen molar-refractivity contribution in [3.63, 3.8) is 0 Å². The lowest BCUT2D eigenvalue weighted by Gasteiger charge is -2.15. The Hall–Kier alpha value is -3.15. The molecule has 3 aromatic heterocycles. The summed E-state index contributed by atoms with van der Waals surface area (Å²) in [6.07, 6.45) is 5.31. The molecule has 0 unspecified atom stereocenters. The van der Waals surface area contributed by atoms with Crippen LogP contribution in [0.5, 0.6) is 5.75 Å². The van der Waals surface area contributed by atoms with Gasteiger partial charge in [-0.15, -0.1) is 0 Å². The first-order chi connectivity index (χ1) is 12.4. The number of methoxy groups -OCH3 is 1. The molecular weight excluding hydrogens is 328 g/mol. The average Bonchev–Trinajstić information content (AvgIpc) is 3.22. The highest BCUT2D eigenvalue weighted by molar-refractivity contribution is 6.08. The number of ether oxygens (including phenoxy) is 1. The Morgan fingerprint density at radius 3 is 2.69 bits per heavy atom. The lowest BCUT2D eigenvalue weighted by Crippen LogP contribution is -2.20. The first kappa shape index (κ1) is 16.3. The van der Waals surface area contributed by atoms with E-state index in [0.717, 1.165) is 22.2 Å². The van der Waals surface area contributed by atoms with Crippen molar-refractivity contribution >= 4 is 27.9 Å². The zero-order valence-corrected chi connectivity index (χ0v) is 15.2. The molecule has 0 aliphatic rings. The molecule has 0 fully saturated rings. The summed E-state index contributed by atoms with van der Waals surface area (Å²) in [4.78, 5) is 28.2. The van der Waals surface area contributed by atoms with Gasteiger partial charge in [-0.2, -0.15) is 0 Å². The van der Waals surface area contributed by atoms with Gasteiger partial charge in [0.15, 0.2) is 11.4 Å². The quantitative estimate of drug-likeness (QED) is 0.539. The fourth-order valence-electron chi connectivity index (χ4n) is 3.04. The lowest BCUT2D eigenvalue weighted by molar-refractivity contribution is 0.0860. The average molecular weight is 348 g/mol. The third-order valence-corrected chi connectivity index (χ3v) is 4.47. The first-order valence-electron chi connectivity index (χ1n) is 8.43. The fraction of sp³-hybridized carbons (Fsp3) is 0.250. The van der Waals surface area contributed by atoms with Crippen molar-refractivity contribution in [2.45, 2.75) is 20.8 Å². The third-order valence-electron chi connectivity index (χ3n) is 4.47. The largest absolute Gasteiger partial charge is 0.497 e. The molecule has 0 saturated heterocycles. The normalized spacial score (nSPS) is 12.0. The predicted octanol–water partition coefficient (Wildman–Crippen LogP) is 4.34. The standard InChI is InChI=1S/C20H20N4O2/c1-20(2,3)18(25)14-9-22-19-17(14)24-16(10-23-19)13-8-21-15-6-5-11(26-4)7-12(13)15/h5-10,21H,1-4H3,(H,22,23). The van der Waals surface area contributed by atoms with Crippen molar-refractivity contribution in [3.8, 4) is 17.0 Å². The Bertz CT molecular complexity index is 1130. The smallest absolute Gasteiger partial charge is 0.171 e. The summed E-state index contributed by atoms with van der Waals surface area (Å²) in [7, 11) is 1.64. The molecule has 1 aromatic carbocycles. The van der Waals surface area contributed by atoms with Gasteiger partial charge in [-0.3, -0.25) is 4.79 Å². The summed E-state index contributed by atoms with van der Waals surface area (Å²) in [6.45, 7) is 5.70. The zero-order chi connectivity index (χ0) is 18.5.